The molecular weight excluding hydrogens is 328 g/mol. The van der Waals surface area contributed by atoms with Gasteiger partial charge in [0.05, 0.1) is 5.69 Å². The van der Waals surface area contributed by atoms with E-state index in [2.05, 4.69) is 4.36 Å². The van der Waals surface area contributed by atoms with E-state index in [-0.39, 0.29) is 11.8 Å². The Labute approximate surface area is 142 Å². The van der Waals surface area contributed by atoms with Crippen molar-refractivity contribution in [1.82, 2.24) is 4.90 Å². The number of carbonyl (C=O) groups excluding carboxylic acids is 1. The quantitative estimate of drug-likeness (QED) is 0.907. The summed E-state index contributed by atoms with van der Waals surface area (Å²) in [5, 5.41) is 9.72. The van der Waals surface area contributed by atoms with E-state index in [0.717, 1.165) is 19.3 Å². The Bertz CT molecular complexity index is 787. The fourth-order valence-corrected chi connectivity index (χ4v) is 4.44. The molecule has 1 heterocycles. The molecule has 6 nitrogen and oxygen atoms in total. The number of carboxylic acid groups (broad SMARTS) is 1. The number of benzene rings is 1. The van der Waals surface area contributed by atoms with Gasteiger partial charge in [0.2, 0.25) is 0 Å². The predicted molar refractivity (Wildman–Crippen MR) is 91.9 cm³/mol. The van der Waals surface area contributed by atoms with Gasteiger partial charge in [-0.25, -0.2) is 9.00 Å². The van der Waals surface area contributed by atoms with E-state index in [1.54, 1.807) is 41.7 Å². The summed E-state index contributed by atoms with van der Waals surface area (Å²) >= 11 is 0. The van der Waals surface area contributed by atoms with Crippen molar-refractivity contribution in [2.24, 2.45) is 10.3 Å². The van der Waals surface area contributed by atoms with Crippen LogP contribution in [0.15, 0.2) is 28.6 Å². The fourth-order valence-electron chi connectivity index (χ4n) is 3.81. The highest BCUT2D eigenvalue weighted by Crippen LogP contribution is 2.49. The largest absolute Gasteiger partial charge is 0.479 e. The van der Waals surface area contributed by atoms with Gasteiger partial charge < -0.3 is 10.0 Å². The zero-order valence-corrected chi connectivity index (χ0v) is 14.7. The molecule has 1 aliphatic heterocycles. The molecule has 1 aromatic carbocycles. The molecular formula is C17H22N2O4S. The van der Waals surface area contributed by atoms with Crippen LogP contribution in [0.1, 0.15) is 36.0 Å². The zero-order valence-electron chi connectivity index (χ0n) is 13.9. The molecule has 2 aliphatic rings. The van der Waals surface area contributed by atoms with Crippen molar-refractivity contribution in [3.8, 4) is 0 Å². The average molecular weight is 350 g/mol. The van der Waals surface area contributed by atoms with E-state index in [1.165, 1.54) is 0 Å². The molecule has 130 valence electrons. The summed E-state index contributed by atoms with van der Waals surface area (Å²) < 4.78 is 15.8. The third-order valence-electron chi connectivity index (χ3n) is 5.02. The molecule has 1 N–H and O–H groups in total. The van der Waals surface area contributed by atoms with Crippen LogP contribution in [0.5, 0.6) is 0 Å². The number of nitrogens with zero attached hydrogens (tertiary/aromatic N) is 2. The minimum Gasteiger partial charge on any atom is -0.479 e. The van der Waals surface area contributed by atoms with Gasteiger partial charge in [0.15, 0.2) is 0 Å². The van der Waals surface area contributed by atoms with Crippen LogP contribution in [0.3, 0.4) is 0 Å². The number of rotatable bonds is 3. The molecule has 24 heavy (non-hydrogen) atoms. The summed E-state index contributed by atoms with van der Waals surface area (Å²) in [6, 6.07) is 6.55. The van der Waals surface area contributed by atoms with Gasteiger partial charge in [-0.2, -0.15) is 4.36 Å². The molecule has 3 rings (SSSR count). The Kier molecular flexibility index (Phi) is 4.15. The van der Waals surface area contributed by atoms with Crippen molar-refractivity contribution >= 4 is 27.3 Å². The minimum atomic E-state index is -2.26. The van der Waals surface area contributed by atoms with Gasteiger partial charge in [-0.05, 0) is 55.9 Å². The summed E-state index contributed by atoms with van der Waals surface area (Å²) in [4.78, 5) is 26.3. The van der Waals surface area contributed by atoms with Crippen LogP contribution in [0.4, 0.5) is 5.69 Å². The summed E-state index contributed by atoms with van der Waals surface area (Å²) in [5.41, 5.74) is -0.0324. The molecule has 7 heteroatoms. The Morgan fingerprint density at radius 3 is 2.42 bits per heavy atom. The van der Waals surface area contributed by atoms with Crippen LogP contribution in [-0.4, -0.2) is 50.7 Å². The molecule has 1 amide bonds. The summed E-state index contributed by atoms with van der Waals surface area (Å²) in [6.07, 6.45) is 6.21. The number of hydrogen-bond acceptors (Lipinski definition) is 4. The summed E-state index contributed by atoms with van der Waals surface area (Å²) in [5.74, 6) is -1.08. The number of fused-ring (bicyclic) bond motifs is 1. The molecule has 1 aliphatic carbocycles. The SMILES string of the molecule is CS(C)(=O)=Nc1ccc(C(=O)N2CCC[C@@H]3CC[C@@]32C(=O)O)cc1. The van der Waals surface area contributed by atoms with Crippen molar-refractivity contribution in [1.29, 1.82) is 0 Å². The predicted octanol–water partition coefficient (Wildman–Crippen LogP) is 2.52. The number of amides is 1. The maximum absolute atomic E-state index is 12.9. The summed E-state index contributed by atoms with van der Waals surface area (Å²) in [6.45, 7) is 0.478. The van der Waals surface area contributed by atoms with Crippen molar-refractivity contribution in [3.05, 3.63) is 29.8 Å². The molecule has 1 aromatic rings. The van der Waals surface area contributed by atoms with E-state index in [1.807, 2.05) is 0 Å². The number of hydrogen-bond donors (Lipinski definition) is 1. The first-order valence-electron chi connectivity index (χ1n) is 8.06. The van der Waals surface area contributed by atoms with Gasteiger partial charge in [-0.15, -0.1) is 0 Å². The first-order valence-corrected chi connectivity index (χ1v) is 10.4. The number of aliphatic carboxylic acids is 1. The first kappa shape index (κ1) is 17.0. The van der Waals surface area contributed by atoms with E-state index in [4.69, 9.17) is 0 Å². The normalized spacial score (nSPS) is 26.2. The van der Waals surface area contributed by atoms with Crippen molar-refractivity contribution < 1.29 is 18.9 Å². The Balaban J connectivity index is 1.88. The molecule has 1 saturated heterocycles. The van der Waals surface area contributed by atoms with Crippen LogP contribution in [-0.2, 0) is 14.5 Å². The van der Waals surface area contributed by atoms with E-state index in [9.17, 15) is 18.9 Å². The molecule has 0 bridgehead atoms. The number of carboxylic acids is 1. The zero-order chi connectivity index (χ0) is 17.5. The topological polar surface area (TPSA) is 87.0 Å². The second kappa shape index (κ2) is 5.88. The third-order valence-corrected chi connectivity index (χ3v) is 5.67. The van der Waals surface area contributed by atoms with Gasteiger partial charge in [0.1, 0.15) is 5.54 Å². The van der Waals surface area contributed by atoms with Crippen LogP contribution in [0.25, 0.3) is 0 Å². The van der Waals surface area contributed by atoms with Gasteiger partial charge in [-0.3, -0.25) is 4.79 Å². The maximum atomic E-state index is 12.9. The lowest BCUT2D eigenvalue weighted by Gasteiger charge is -2.56. The Morgan fingerprint density at radius 1 is 1.25 bits per heavy atom. The standard InChI is InChI=1S/C17H22N2O4S/c1-24(2,23)18-14-7-5-12(6-8-14)15(20)19-11-3-4-13-9-10-17(13,19)16(21)22/h5-8,13H,3-4,9-11H2,1-2H3,(H,21,22)/t13-,17+/m1/s1. The van der Waals surface area contributed by atoms with Gasteiger partial charge in [0, 0.05) is 34.3 Å². The highest BCUT2D eigenvalue weighted by Gasteiger charge is 2.59. The van der Waals surface area contributed by atoms with Gasteiger partial charge in [0.25, 0.3) is 5.91 Å². The first-order chi connectivity index (χ1) is 11.2. The van der Waals surface area contributed by atoms with E-state index in [0.29, 0.717) is 24.2 Å². The van der Waals surface area contributed by atoms with Crippen molar-refractivity contribution in [2.75, 3.05) is 19.1 Å². The molecule has 0 unspecified atom stereocenters. The maximum Gasteiger partial charge on any atom is 0.329 e. The molecule has 0 spiro atoms. The second-order valence-corrected chi connectivity index (χ2v) is 9.43. The lowest BCUT2D eigenvalue weighted by Crippen LogP contribution is -2.68. The Morgan fingerprint density at radius 2 is 1.92 bits per heavy atom. The fraction of sp³-hybridized carbons (Fsp3) is 0.529. The average Bonchev–Trinajstić information content (AvgIpc) is 2.46. The molecule has 0 radical (unpaired) electrons. The van der Waals surface area contributed by atoms with Crippen molar-refractivity contribution in [2.45, 2.75) is 31.2 Å². The van der Waals surface area contributed by atoms with Gasteiger partial charge in [-0.1, -0.05) is 0 Å². The smallest absolute Gasteiger partial charge is 0.329 e. The van der Waals surface area contributed by atoms with Crippen LogP contribution < -0.4 is 0 Å². The molecule has 1 saturated carbocycles. The van der Waals surface area contributed by atoms with Crippen LogP contribution >= 0.6 is 0 Å². The third kappa shape index (κ3) is 2.81. The molecule has 2 fully saturated rings. The second-order valence-electron chi connectivity index (χ2n) is 6.88. The molecule has 2 atom stereocenters. The lowest BCUT2D eigenvalue weighted by molar-refractivity contribution is -0.167. The Hall–Kier alpha value is -1.89. The lowest BCUT2D eigenvalue weighted by atomic mass is 9.61. The minimum absolute atomic E-state index is 0.0619. The summed E-state index contributed by atoms with van der Waals surface area (Å²) in [7, 11) is -2.26. The number of piperidine rings is 1. The molecule has 0 aromatic heterocycles. The van der Waals surface area contributed by atoms with Crippen LogP contribution in [0, 0.1) is 5.92 Å². The van der Waals surface area contributed by atoms with Crippen molar-refractivity contribution in [3.63, 3.8) is 0 Å². The van der Waals surface area contributed by atoms with Crippen LogP contribution in [0.2, 0.25) is 0 Å². The number of likely N-dealkylation sites (tertiary alicyclic amines) is 1. The monoisotopic (exact) mass is 350 g/mol. The number of carbonyl (C=O) groups is 2. The highest BCUT2D eigenvalue weighted by molar-refractivity contribution is 7.92. The van der Waals surface area contributed by atoms with E-state index >= 15 is 0 Å². The van der Waals surface area contributed by atoms with Gasteiger partial charge >= 0.3 is 5.97 Å². The highest BCUT2D eigenvalue weighted by atomic mass is 32.2. The van der Waals surface area contributed by atoms with E-state index < -0.39 is 21.2 Å².